The molecule has 0 aliphatic heterocycles. The lowest BCUT2D eigenvalue weighted by molar-refractivity contribution is -0.120. The molecule has 0 spiro atoms. The Morgan fingerprint density at radius 3 is 2.52 bits per heavy atom. The van der Waals surface area contributed by atoms with E-state index in [1.807, 2.05) is 72.2 Å². The van der Waals surface area contributed by atoms with Crippen molar-refractivity contribution in [2.75, 3.05) is 0 Å². The smallest absolute Gasteiger partial charge is 0.224 e. The van der Waals surface area contributed by atoms with Crippen molar-refractivity contribution in [3.8, 4) is 5.69 Å². The van der Waals surface area contributed by atoms with Gasteiger partial charge in [-0.2, -0.15) is 0 Å². The third-order valence-electron chi connectivity index (χ3n) is 5.38. The van der Waals surface area contributed by atoms with Gasteiger partial charge in [-0.3, -0.25) is 9.36 Å². The highest BCUT2D eigenvalue weighted by Crippen LogP contribution is 2.29. The number of amides is 1. The Bertz CT molecular complexity index is 1260. The molecule has 0 aliphatic rings. The lowest BCUT2D eigenvalue weighted by Crippen LogP contribution is -2.26. The second kappa shape index (κ2) is 10.7. The van der Waals surface area contributed by atoms with Crippen LogP contribution in [0.15, 0.2) is 78.0 Å². The predicted molar refractivity (Wildman–Crippen MR) is 134 cm³/mol. The van der Waals surface area contributed by atoms with Crippen molar-refractivity contribution in [1.82, 2.24) is 20.1 Å². The second-order valence-corrected chi connectivity index (χ2v) is 9.20. The summed E-state index contributed by atoms with van der Waals surface area (Å²) >= 11 is 7.93. The highest BCUT2D eigenvalue weighted by Gasteiger charge is 2.18. The van der Waals surface area contributed by atoms with E-state index in [4.69, 9.17) is 11.6 Å². The summed E-state index contributed by atoms with van der Waals surface area (Å²) in [6.45, 7) is 4.41. The van der Waals surface area contributed by atoms with Gasteiger partial charge in [0.25, 0.3) is 0 Å². The molecular weight excluding hydrogens is 452 g/mol. The molecule has 1 N–H and O–H groups in total. The van der Waals surface area contributed by atoms with Crippen LogP contribution in [0.1, 0.15) is 28.1 Å². The first-order chi connectivity index (χ1) is 16.0. The number of hydrogen-bond acceptors (Lipinski definition) is 4. The first-order valence-electron chi connectivity index (χ1n) is 10.7. The maximum absolute atomic E-state index is 12.5. The van der Waals surface area contributed by atoms with E-state index >= 15 is 0 Å². The van der Waals surface area contributed by atoms with Crippen LogP contribution in [0.25, 0.3) is 5.69 Å². The Morgan fingerprint density at radius 1 is 0.970 bits per heavy atom. The van der Waals surface area contributed by atoms with Crippen LogP contribution >= 0.6 is 23.4 Å². The van der Waals surface area contributed by atoms with Gasteiger partial charge >= 0.3 is 0 Å². The fraction of sp³-hybridized carbons (Fsp3) is 0.192. The monoisotopic (exact) mass is 476 g/mol. The Kier molecular flexibility index (Phi) is 7.47. The van der Waals surface area contributed by atoms with Gasteiger partial charge in [0.05, 0.1) is 18.7 Å². The Balaban J connectivity index is 1.58. The summed E-state index contributed by atoms with van der Waals surface area (Å²) in [5, 5.41) is 13.2. The third kappa shape index (κ3) is 5.83. The molecule has 0 radical (unpaired) electrons. The summed E-state index contributed by atoms with van der Waals surface area (Å²) in [4.78, 5) is 12.5. The molecule has 0 saturated carbocycles. The second-order valence-electron chi connectivity index (χ2n) is 7.82. The molecule has 168 valence electrons. The van der Waals surface area contributed by atoms with Gasteiger partial charge in [-0.25, -0.2) is 0 Å². The molecule has 0 fully saturated rings. The number of carbonyl (C=O) groups excluding carboxylic acids is 1. The SMILES string of the molecule is Cc1ccccc1CSc1nnc(CNC(=O)Cc2ccccc2)n1-c1cc(Cl)ccc1C. The zero-order valence-electron chi connectivity index (χ0n) is 18.6. The molecule has 0 aliphatic carbocycles. The van der Waals surface area contributed by atoms with Gasteiger partial charge in [-0.1, -0.05) is 84.0 Å². The first kappa shape index (κ1) is 23.1. The molecule has 1 aromatic heterocycles. The maximum atomic E-state index is 12.5. The van der Waals surface area contributed by atoms with Crippen LogP contribution in [-0.2, 0) is 23.5 Å². The van der Waals surface area contributed by atoms with Crippen molar-refractivity contribution in [2.24, 2.45) is 0 Å². The van der Waals surface area contributed by atoms with E-state index < -0.39 is 0 Å². The molecule has 0 saturated heterocycles. The van der Waals surface area contributed by atoms with Crippen molar-refractivity contribution in [2.45, 2.75) is 37.7 Å². The van der Waals surface area contributed by atoms with E-state index in [9.17, 15) is 4.79 Å². The van der Waals surface area contributed by atoms with Crippen molar-refractivity contribution < 1.29 is 4.79 Å². The van der Waals surface area contributed by atoms with Crippen LogP contribution in [-0.4, -0.2) is 20.7 Å². The summed E-state index contributed by atoms with van der Waals surface area (Å²) < 4.78 is 1.99. The normalized spacial score (nSPS) is 10.9. The number of halogens is 1. The summed E-state index contributed by atoms with van der Waals surface area (Å²) in [5.41, 5.74) is 5.42. The Hall–Kier alpha value is -3.09. The summed E-state index contributed by atoms with van der Waals surface area (Å²) in [6.07, 6.45) is 0.320. The molecule has 3 aromatic carbocycles. The fourth-order valence-corrected chi connectivity index (χ4v) is 4.72. The molecule has 0 atom stereocenters. The number of nitrogens with one attached hydrogen (secondary N) is 1. The molecule has 1 heterocycles. The molecule has 5 nitrogen and oxygen atoms in total. The minimum atomic E-state index is -0.0623. The zero-order valence-corrected chi connectivity index (χ0v) is 20.2. The first-order valence-corrected chi connectivity index (χ1v) is 12.1. The average molecular weight is 477 g/mol. The Labute approximate surface area is 203 Å². The number of hydrogen-bond donors (Lipinski definition) is 1. The number of nitrogens with zero attached hydrogens (tertiary/aromatic N) is 3. The number of thioether (sulfide) groups is 1. The van der Waals surface area contributed by atoms with E-state index in [-0.39, 0.29) is 12.5 Å². The van der Waals surface area contributed by atoms with Crippen molar-refractivity contribution in [3.63, 3.8) is 0 Å². The fourth-order valence-electron chi connectivity index (χ4n) is 3.51. The number of aromatic nitrogens is 3. The minimum absolute atomic E-state index is 0.0623. The van der Waals surface area contributed by atoms with Crippen molar-refractivity contribution >= 4 is 29.3 Å². The van der Waals surface area contributed by atoms with Gasteiger partial charge in [0, 0.05) is 10.8 Å². The number of aryl methyl sites for hydroxylation is 2. The van der Waals surface area contributed by atoms with Crippen LogP contribution in [0.5, 0.6) is 0 Å². The largest absolute Gasteiger partial charge is 0.348 e. The molecule has 1 amide bonds. The molecular formula is C26H25ClN4OS. The standard InChI is InChI=1S/C26H25ClN4OS/c1-18-8-6-7-11-21(18)17-33-26-30-29-24(31(26)23-15-22(27)13-12-19(23)2)16-28-25(32)14-20-9-4-3-5-10-20/h3-13,15H,14,16-17H2,1-2H3,(H,28,32). The molecule has 33 heavy (non-hydrogen) atoms. The lowest BCUT2D eigenvalue weighted by Gasteiger charge is -2.14. The van der Waals surface area contributed by atoms with Gasteiger partial charge < -0.3 is 5.32 Å². The van der Waals surface area contributed by atoms with Crippen molar-refractivity contribution in [3.05, 3.63) is 106 Å². The number of carbonyl (C=O) groups is 1. The zero-order chi connectivity index (χ0) is 23.2. The number of rotatable bonds is 8. The quantitative estimate of drug-likeness (QED) is 0.332. The van der Waals surface area contributed by atoms with Crippen LogP contribution in [0.2, 0.25) is 5.02 Å². The molecule has 4 aromatic rings. The minimum Gasteiger partial charge on any atom is -0.348 e. The van der Waals surface area contributed by atoms with Gasteiger partial charge in [0.2, 0.25) is 5.91 Å². The predicted octanol–water partition coefficient (Wildman–Crippen LogP) is 5.69. The van der Waals surface area contributed by atoms with E-state index in [0.29, 0.717) is 17.3 Å². The van der Waals surface area contributed by atoms with Crippen molar-refractivity contribution in [1.29, 1.82) is 0 Å². The molecule has 0 unspecified atom stereocenters. The maximum Gasteiger partial charge on any atom is 0.224 e. The molecule has 7 heteroatoms. The van der Waals surface area contributed by atoms with Gasteiger partial charge in [0.15, 0.2) is 11.0 Å². The van der Waals surface area contributed by atoms with Crippen LogP contribution in [0.3, 0.4) is 0 Å². The molecule has 4 rings (SSSR count). The van der Waals surface area contributed by atoms with Crippen LogP contribution in [0.4, 0.5) is 0 Å². The van der Waals surface area contributed by atoms with Gasteiger partial charge in [0.1, 0.15) is 0 Å². The Morgan fingerprint density at radius 2 is 1.73 bits per heavy atom. The van der Waals surface area contributed by atoms with Crippen LogP contribution < -0.4 is 5.32 Å². The number of benzene rings is 3. The van der Waals surface area contributed by atoms with E-state index in [1.165, 1.54) is 11.1 Å². The van der Waals surface area contributed by atoms with E-state index in [1.54, 1.807) is 11.8 Å². The highest BCUT2D eigenvalue weighted by atomic mass is 35.5. The third-order valence-corrected chi connectivity index (χ3v) is 6.59. The van der Waals surface area contributed by atoms with E-state index in [0.717, 1.165) is 27.7 Å². The molecule has 0 bridgehead atoms. The topological polar surface area (TPSA) is 59.8 Å². The lowest BCUT2D eigenvalue weighted by atomic mass is 10.1. The highest BCUT2D eigenvalue weighted by molar-refractivity contribution is 7.98. The van der Waals surface area contributed by atoms with Gasteiger partial charge in [-0.05, 0) is 48.2 Å². The van der Waals surface area contributed by atoms with Crippen LogP contribution in [0, 0.1) is 13.8 Å². The van der Waals surface area contributed by atoms with Gasteiger partial charge in [-0.15, -0.1) is 10.2 Å². The average Bonchev–Trinajstić information content (AvgIpc) is 3.22. The van der Waals surface area contributed by atoms with E-state index in [2.05, 4.69) is 34.6 Å². The summed E-state index contributed by atoms with van der Waals surface area (Å²) in [7, 11) is 0. The summed E-state index contributed by atoms with van der Waals surface area (Å²) in [5.74, 6) is 1.37. The summed E-state index contributed by atoms with van der Waals surface area (Å²) in [6, 6.07) is 23.7.